The average molecular weight is 253 g/mol. The summed E-state index contributed by atoms with van der Waals surface area (Å²) in [6.45, 7) is 14.7. The van der Waals surface area contributed by atoms with Crippen LogP contribution in [-0.2, 0) is 9.53 Å². The normalized spacial score (nSPS) is 15.7. The van der Waals surface area contributed by atoms with Gasteiger partial charge in [0.2, 0.25) is 0 Å². The Kier molecular flexibility index (Phi) is 5.40. The van der Waals surface area contributed by atoms with Gasteiger partial charge in [-0.25, -0.2) is 0 Å². The molecule has 0 aromatic rings. The maximum absolute atomic E-state index is 12.3. The Bertz CT molecular complexity index is 328. The average Bonchev–Trinajstić information content (AvgIpc) is 2.13. The first-order valence-corrected chi connectivity index (χ1v) is 6.48. The summed E-state index contributed by atoms with van der Waals surface area (Å²) in [5.74, 6) is -0.194. The molecular formula is C15H27NO2. The van der Waals surface area contributed by atoms with Crippen molar-refractivity contribution in [2.24, 2.45) is 16.2 Å². The van der Waals surface area contributed by atoms with Crippen LogP contribution in [0.15, 0.2) is 0 Å². The highest BCUT2D eigenvalue weighted by atomic mass is 16.5. The van der Waals surface area contributed by atoms with Gasteiger partial charge in [0.25, 0.3) is 0 Å². The lowest BCUT2D eigenvalue weighted by atomic mass is 9.61. The van der Waals surface area contributed by atoms with Crippen molar-refractivity contribution >= 4 is 5.97 Å². The van der Waals surface area contributed by atoms with Crippen LogP contribution in [0.2, 0.25) is 0 Å². The van der Waals surface area contributed by atoms with Crippen LogP contribution in [0.3, 0.4) is 0 Å². The van der Waals surface area contributed by atoms with Crippen molar-refractivity contribution in [1.82, 2.24) is 0 Å². The summed E-state index contributed by atoms with van der Waals surface area (Å²) in [6, 6.07) is 1.98. The zero-order valence-corrected chi connectivity index (χ0v) is 12.9. The van der Waals surface area contributed by atoms with Crippen LogP contribution >= 0.6 is 0 Å². The minimum atomic E-state index is -0.541. The smallest absolute Gasteiger partial charge is 0.312 e. The van der Waals surface area contributed by atoms with E-state index >= 15 is 0 Å². The van der Waals surface area contributed by atoms with Crippen LogP contribution in [0.4, 0.5) is 0 Å². The van der Waals surface area contributed by atoms with Crippen molar-refractivity contribution in [3.05, 3.63) is 0 Å². The highest BCUT2D eigenvalue weighted by Crippen LogP contribution is 2.47. The number of rotatable bonds is 4. The van der Waals surface area contributed by atoms with E-state index in [0.29, 0.717) is 0 Å². The number of nitriles is 1. The van der Waals surface area contributed by atoms with Gasteiger partial charge in [0.1, 0.15) is 6.61 Å². The second kappa shape index (κ2) is 5.73. The summed E-state index contributed by atoms with van der Waals surface area (Å²) in [6.07, 6.45) is 1.01. The second-order valence-electron chi connectivity index (χ2n) is 7.36. The van der Waals surface area contributed by atoms with Crippen molar-refractivity contribution < 1.29 is 9.53 Å². The third-order valence-corrected chi connectivity index (χ3v) is 3.44. The Hall–Kier alpha value is -1.04. The number of hydrogen-bond donors (Lipinski definition) is 0. The molecule has 0 radical (unpaired) electrons. The molecule has 0 spiro atoms. The lowest BCUT2D eigenvalue weighted by Gasteiger charge is -2.43. The Labute approximate surface area is 112 Å². The first-order chi connectivity index (χ1) is 7.94. The first kappa shape index (κ1) is 17.0. The molecule has 0 aromatic heterocycles. The van der Waals surface area contributed by atoms with Gasteiger partial charge >= 0.3 is 5.97 Å². The second-order valence-corrected chi connectivity index (χ2v) is 7.36. The van der Waals surface area contributed by atoms with Gasteiger partial charge in [-0.05, 0) is 24.2 Å². The summed E-state index contributed by atoms with van der Waals surface area (Å²) < 4.78 is 5.26. The lowest BCUT2D eigenvalue weighted by Crippen LogP contribution is -2.44. The molecule has 0 aliphatic carbocycles. The van der Waals surface area contributed by atoms with Gasteiger partial charge in [0.05, 0.1) is 17.9 Å². The molecule has 0 N–H and O–H groups in total. The van der Waals surface area contributed by atoms with Gasteiger partial charge in [-0.1, -0.05) is 41.5 Å². The molecule has 0 amide bonds. The largest absolute Gasteiger partial charge is 0.464 e. The highest BCUT2D eigenvalue weighted by Gasteiger charge is 2.47. The summed E-state index contributed by atoms with van der Waals surface area (Å²) in [7, 11) is 0. The number of hydrogen-bond acceptors (Lipinski definition) is 3. The summed E-state index contributed by atoms with van der Waals surface area (Å²) >= 11 is 0. The summed E-state index contributed by atoms with van der Waals surface area (Å²) in [4.78, 5) is 12.3. The lowest BCUT2D eigenvalue weighted by molar-refractivity contribution is -0.164. The van der Waals surface area contributed by atoms with Crippen molar-refractivity contribution in [1.29, 1.82) is 5.26 Å². The highest BCUT2D eigenvalue weighted by molar-refractivity contribution is 5.77. The molecule has 0 aromatic carbocycles. The van der Waals surface area contributed by atoms with E-state index in [1.165, 1.54) is 0 Å². The van der Waals surface area contributed by atoms with Gasteiger partial charge in [-0.3, -0.25) is 4.79 Å². The molecule has 0 saturated heterocycles. The first-order valence-electron chi connectivity index (χ1n) is 6.48. The standard InChI is InChI=1S/C15H27NO2/c1-13(2,3)11-15(7,14(4,5)6)12(17)18-10-8-9-16/h8,10-11H2,1-7H3. The molecule has 1 unspecified atom stereocenters. The van der Waals surface area contributed by atoms with Gasteiger partial charge in [0.15, 0.2) is 0 Å². The molecule has 104 valence electrons. The number of esters is 1. The number of carbonyl (C=O) groups is 1. The van der Waals surface area contributed by atoms with E-state index < -0.39 is 5.41 Å². The van der Waals surface area contributed by atoms with E-state index in [2.05, 4.69) is 41.5 Å². The van der Waals surface area contributed by atoms with Gasteiger partial charge in [-0.15, -0.1) is 0 Å². The molecular weight excluding hydrogens is 226 g/mol. The molecule has 0 saturated carbocycles. The van der Waals surface area contributed by atoms with Gasteiger partial charge < -0.3 is 4.74 Å². The third-order valence-electron chi connectivity index (χ3n) is 3.44. The van der Waals surface area contributed by atoms with E-state index in [9.17, 15) is 4.79 Å². The number of nitrogens with zero attached hydrogens (tertiary/aromatic N) is 1. The monoisotopic (exact) mass is 253 g/mol. The molecule has 0 fully saturated rings. The van der Waals surface area contributed by atoms with Crippen LogP contribution in [0.5, 0.6) is 0 Å². The fraction of sp³-hybridized carbons (Fsp3) is 0.867. The van der Waals surface area contributed by atoms with Crippen molar-refractivity contribution in [3.8, 4) is 6.07 Å². The number of carbonyl (C=O) groups excluding carboxylic acids is 1. The predicted molar refractivity (Wildman–Crippen MR) is 72.8 cm³/mol. The molecule has 3 heteroatoms. The fourth-order valence-electron chi connectivity index (χ4n) is 2.05. The van der Waals surface area contributed by atoms with Crippen LogP contribution in [0, 0.1) is 27.6 Å². The molecule has 1 atom stereocenters. The van der Waals surface area contributed by atoms with E-state index in [-0.39, 0.29) is 29.8 Å². The fourth-order valence-corrected chi connectivity index (χ4v) is 2.05. The Balaban J connectivity index is 5.01. The van der Waals surface area contributed by atoms with Crippen molar-refractivity contribution in [2.45, 2.75) is 61.3 Å². The predicted octanol–water partition coefficient (Wildman–Crippen LogP) is 3.93. The maximum atomic E-state index is 12.3. The van der Waals surface area contributed by atoms with Crippen LogP contribution in [0.1, 0.15) is 61.3 Å². The van der Waals surface area contributed by atoms with E-state index in [0.717, 1.165) is 6.42 Å². The van der Waals surface area contributed by atoms with Crippen molar-refractivity contribution in [3.63, 3.8) is 0 Å². The molecule has 0 aliphatic heterocycles. The molecule has 0 rings (SSSR count). The third kappa shape index (κ3) is 4.68. The Morgan fingerprint density at radius 2 is 1.61 bits per heavy atom. The van der Waals surface area contributed by atoms with Gasteiger partial charge in [-0.2, -0.15) is 5.26 Å². The van der Waals surface area contributed by atoms with Gasteiger partial charge in [0, 0.05) is 0 Å². The van der Waals surface area contributed by atoms with Crippen LogP contribution in [-0.4, -0.2) is 12.6 Å². The molecule has 3 nitrogen and oxygen atoms in total. The maximum Gasteiger partial charge on any atom is 0.312 e. The molecule has 0 heterocycles. The summed E-state index contributed by atoms with van der Waals surface area (Å²) in [5.41, 5.74) is -0.666. The molecule has 18 heavy (non-hydrogen) atoms. The van der Waals surface area contributed by atoms with Crippen molar-refractivity contribution in [2.75, 3.05) is 6.61 Å². The topological polar surface area (TPSA) is 50.1 Å². The minimum Gasteiger partial charge on any atom is -0.464 e. The van der Waals surface area contributed by atoms with E-state index in [1.807, 2.05) is 13.0 Å². The Morgan fingerprint density at radius 1 is 1.11 bits per heavy atom. The van der Waals surface area contributed by atoms with Crippen LogP contribution in [0.25, 0.3) is 0 Å². The van der Waals surface area contributed by atoms with Crippen LogP contribution < -0.4 is 0 Å². The number of ether oxygens (including phenoxy) is 1. The summed E-state index contributed by atoms with van der Waals surface area (Å²) in [5, 5.41) is 8.49. The molecule has 0 bridgehead atoms. The SMILES string of the molecule is CC(C)(C)CC(C)(C(=O)OCCC#N)C(C)(C)C. The molecule has 0 aliphatic rings. The van der Waals surface area contributed by atoms with E-state index in [4.69, 9.17) is 10.00 Å². The minimum absolute atomic E-state index is 0.0519. The van der Waals surface area contributed by atoms with E-state index in [1.54, 1.807) is 0 Å². The zero-order chi connectivity index (χ0) is 14.6. The quantitative estimate of drug-likeness (QED) is 0.563. The zero-order valence-electron chi connectivity index (χ0n) is 12.9. The Morgan fingerprint density at radius 3 is 1.94 bits per heavy atom.